The summed E-state index contributed by atoms with van der Waals surface area (Å²) >= 11 is 6.02. The monoisotopic (exact) mass is 414 g/mol. The number of rotatable bonds is 5. The van der Waals surface area contributed by atoms with Crippen molar-refractivity contribution in [2.45, 2.75) is 6.10 Å². The predicted octanol–water partition coefficient (Wildman–Crippen LogP) is 2.24. The van der Waals surface area contributed by atoms with E-state index >= 15 is 0 Å². The van der Waals surface area contributed by atoms with Crippen LogP contribution in [0, 0.1) is 0 Å². The Hall–Kier alpha value is -3.59. The van der Waals surface area contributed by atoms with E-state index in [4.69, 9.17) is 25.8 Å². The van der Waals surface area contributed by atoms with E-state index in [9.17, 15) is 9.59 Å². The molecule has 4 rings (SSSR count). The molecule has 148 valence electrons. The number of carbonyl (C=O) groups is 2. The number of hydrogen-bond acceptors (Lipinski definition) is 7. The Balaban J connectivity index is 1.36. The van der Waals surface area contributed by atoms with Gasteiger partial charge in [-0.3, -0.25) is 4.79 Å². The standard InChI is InChI=1S/C19H15ClN4O5/c20-12-5-6-14(24-11-21-10-22-24)13(7-12)23-18(25)9-28-19(26)17-8-27-15-3-1-2-4-16(15)29-17/h1-7,10-11,17H,8-9H2,(H,23,25)/t17-/m0/s1. The lowest BCUT2D eigenvalue weighted by Crippen LogP contribution is -2.39. The average Bonchev–Trinajstić information content (AvgIpc) is 3.26. The van der Waals surface area contributed by atoms with Gasteiger partial charge in [-0.2, -0.15) is 5.10 Å². The summed E-state index contributed by atoms with van der Waals surface area (Å²) in [7, 11) is 0. The van der Waals surface area contributed by atoms with Gasteiger partial charge in [-0.05, 0) is 30.3 Å². The first kappa shape index (κ1) is 18.8. The van der Waals surface area contributed by atoms with Gasteiger partial charge in [0.15, 0.2) is 18.1 Å². The van der Waals surface area contributed by atoms with E-state index in [0.717, 1.165) is 0 Å². The van der Waals surface area contributed by atoms with Crippen LogP contribution in [0.5, 0.6) is 11.5 Å². The minimum Gasteiger partial charge on any atom is -0.485 e. The maximum absolute atomic E-state index is 12.3. The van der Waals surface area contributed by atoms with Crippen LogP contribution >= 0.6 is 11.6 Å². The molecule has 0 unspecified atom stereocenters. The second kappa shape index (κ2) is 8.19. The van der Waals surface area contributed by atoms with Crippen LogP contribution in [0.3, 0.4) is 0 Å². The molecule has 29 heavy (non-hydrogen) atoms. The summed E-state index contributed by atoms with van der Waals surface area (Å²) in [5.74, 6) is -0.242. The van der Waals surface area contributed by atoms with Crippen molar-refractivity contribution in [3.63, 3.8) is 0 Å². The van der Waals surface area contributed by atoms with Crippen LogP contribution in [0.15, 0.2) is 55.1 Å². The molecular weight excluding hydrogens is 400 g/mol. The third-order valence-electron chi connectivity index (χ3n) is 4.02. The maximum Gasteiger partial charge on any atom is 0.351 e. The summed E-state index contributed by atoms with van der Waals surface area (Å²) in [4.78, 5) is 28.4. The normalized spacial score (nSPS) is 14.9. The fourth-order valence-corrected chi connectivity index (χ4v) is 2.86. The number of esters is 1. The average molecular weight is 415 g/mol. The first-order valence-corrected chi connectivity index (χ1v) is 8.97. The first-order valence-electron chi connectivity index (χ1n) is 8.59. The second-order valence-electron chi connectivity index (χ2n) is 6.02. The highest BCUT2D eigenvalue weighted by Gasteiger charge is 2.29. The van der Waals surface area contributed by atoms with Crippen molar-refractivity contribution in [2.75, 3.05) is 18.5 Å². The van der Waals surface area contributed by atoms with Crippen LogP contribution in [0.4, 0.5) is 5.69 Å². The Morgan fingerprint density at radius 3 is 2.86 bits per heavy atom. The fraction of sp³-hybridized carbons (Fsp3) is 0.158. The van der Waals surface area contributed by atoms with Crippen LogP contribution in [-0.2, 0) is 14.3 Å². The Kier molecular flexibility index (Phi) is 5.30. The summed E-state index contributed by atoms with van der Waals surface area (Å²) in [5.41, 5.74) is 0.961. The molecule has 0 spiro atoms. The van der Waals surface area contributed by atoms with E-state index < -0.39 is 24.6 Å². The van der Waals surface area contributed by atoms with Crippen molar-refractivity contribution in [3.8, 4) is 17.2 Å². The summed E-state index contributed by atoms with van der Waals surface area (Å²) in [5, 5.41) is 7.11. The Labute approximate surface area is 170 Å². The minimum absolute atomic E-state index is 0.00219. The second-order valence-corrected chi connectivity index (χ2v) is 6.46. The number of carbonyl (C=O) groups excluding carboxylic acids is 2. The van der Waals surface area contributed by atoms with Crippen molar-refractivity contribution in [2.24, 2.45) is 0 Å². The molecule has 0 aliphatic carbocycles. The molecule has 1 aliphatic heterocycles. The van der Waals surface area contributed by atoms with Crippen molar-refractivity contribution in [1.29, 1.82) is 0 Å². The number of nitrogens with one attached hydrogen (secondary N) is 1. The number of nitrogens with zero attached hydrogens (tertiary/aromatic N) is 3. The summed E-state index contributed by atoms with van der Waals surface area (Å²) in [6.07, 6.45) is 1.90. The molecular formula is C19H15ClN4O5. The molecule has 1 N–H and O–H groups in total. The SMILES string of the molecule is O=C(COC(=O)[C@@H]1COc2ccccc2O1)Nc1cc(Cl)ccc1-n1cncn1. The lowest BCUT2D eigenvalue weighted by atomic mass is 10.2. The van der Waals surface area contributed by atoms with E-state index in [1.165, 1.54) is 17.3 Å². The number of hydrogen-bond donors (Lipinski definition) is 1. The quantitative estimate of drug-likeness (QED) is 0.638. The summed E-state index contributed by atoms with van der Waals surface area (Å²) in [6.45, 7) is -0.494. The number of para-hydroxylation sites is 2. The summed E-state index contributed by atoms with van der Waals surface area (Å²) in [6, 6.07) is 11.9. The van der Waals surface area contributed by atoms with Crippen LogP contribution in [0.25, 0.3) is 5.69 Å². The topological polar surface area (TPSA) is 105 Å². The van der Waals surface area contributed by atoms with E-state index in [1.807, 2.05) is 0 Å². The Bertz CT molecular complexity index is 1040. The van der Waals surface area contributed by atoms with Gasteiger partial charge in [0.05, 0.1) is 11.4 Å². The van der Waals surface area contributed by atoms with E-state index in [0.29, 0.717) is 27.9 Å². The highest BCUT2D eigenvalue weighted by molar-refractivity contribution is 6.31. The van der Waals surface area contributed by atoms with Gasteiger partial charge in [0.1, 0.15) is 19.3 Å². The van der Waals surface area contributed by atoms with Gasteiger partial charge in [-0.1, -0.05) is 23.7 Å². The number of amides is 1. The lowest BCUT2D eigenvalue weighted by molar-refractivity contribution is -0.156. The zero-order valence-corrected chi connectivity index (χ0v) is 15.7. The van der Waals surface area contributed by atoms with Crippen molar-refractivity contribution < 1.29 is 23.8 Å². The number of halogens is 1. The number of aromatic nitrogens is 3. The Morgan fingerprint density at radius 2 is 2.07 bits per heavy atom. The minimum atomic E-state index is -0.949. The van der Waals surface area contributed by atoms with E-state index in [-0.39, 0.29) is 6.61 Å². The molecule has 1 aromatic heterocycles. The molecule has 0 saturated heterocycles. The van der Waals surface area contributed by atoms with Crippen LogP contribution in [0.1, 0.15) is 0 Å². The number of fused-ring (bicyclic) bond motifs is 1. The van der Waals surface area contributed by atoms with Crippen molar-refractivity contribution in [1.82, 2.24) is 14.8 Å². The largest absolute Gasteiger partial charge is 0.485 e. The van der Waals surface area contributed by atoms with Crippen molar-refractivity contribution in [3.05, 3.63) is 60.1 Å². The van der Waals surface area contributed by atoms with Gasteiger partial charge in [0.25, 0.3) is 5.91 Å². The third kappa shape index (κ3) is 4.30. The van der Waals surface area contributed by atoms with Gasteiger partial charge in [0, 0.05) is 5.02 Å². The lowest BCUT2D eigenvalue weighted by Gasteiger charge is -2.24. The highest BCUT2D eigenvalue weighted by Crippen LogP contribution is 2.31. The summed E-state index contributed by atoms with van der Waals surface area (Å²) < 4.78 is 17.6. The zero-order valence-electron chi connectivity index (χ0n) is 14.9. The molecule has 0 radical (unpaired) electrons. The first-order chi connectivity index (χ1) is 14.1. The highest BCUT2D eigenvalue weighted by atomic mass is 35.5. The van der Waals surface area contributed by atoms with Gasteiger partial charge in [-0.25, -0.2) is 14.5 Å². The molecule has 9 nitrogen and oxygen atoms in total. The number of ether oxygens (including phenoxy) is 3. The van der Waals surface area contributed by atoms with Crippen molar-refractivity contribution >= 4 is 29.2 Å². The molecule has 0 fully saturated rings. The molecule has 0 saturated carbocycles. The van der Waals surface area contributed by atoms with Crippen LogP contribution in [-0.4, -0.2) is 46.0 Å². The van der Waals surface area contributed by atoms with E-state index in [1.54, 1.807) is 42.5 Å². The molecule has 1 amide bonds. The molecule has 0 bridgehead atoms. The van der Waals surface area contributed by atoms with E-state index in [2.05, 4.69) is 15.4 Å². The van der Waals surface area contributed by atoms with Gasteiger partial charge >= 0.3 is 5.97 Å². The van der Waals surface area contributed by atoms with Gasteiger partial charge < -0.3 is 19.5 Å². The van der Waals surface area contributed by atoms with Crippen LogP contribution in [0.2, 0.25) is 5.02 Å². The molecule has 2 aromatic carbocycles. The number of benzene rings is 2. The smallest absolute Gasteiger partial charge is 0.351 e. The third-order valence-corrected chi connectivity index (χ3v) is 4.25. The molecule has 3 aromatic rings. The predicted molar refractivity (Wildman–Crippen MR) is 102 cm³/mol. The fourth-order valence-electron chi connectivity index (χ4n) is 2.69. The van der Waals surface area contributed by atoms with Crippen LogP contribution < -0.4 is 14.8 Å². The molecule has 1 aliphatic rings. The Morgan fingerprint density at radius 1 is 1.24 bits per heavy atom. The maximum atomic E-state index is 12.3. The van der Waals surface area contributed by atoms with Gasteiger partial charge in [-0.15, -0.1) is 0 Å². The molecule has 1 atom stereocenters. The molecule has 10 heteroatoms. The zero-order chi connectivity index (χ0) is 20.2. The molecule has 2 heterocycles. The number of anilines is 1. The van der Waals surface area contributed by atoms with Gasteiger partial charge in [0.2, 0.25) is 6.10 Å².